The van der Waals surface area contributed by atoms with E-state index in [-0.39, 0.29) is 0 Å². The smallest absolute Gasteiger partial charge is 0.0662 e. The van der Waals surface area contributed by atoms with E-state index in [0.29, 0.717) is 0 Å². The average Bonchev–Trinajstić information content (AvgIpc) is 2.79. The molecule has 3 rings (SSSR count). The van der Waals surface area contributed by atoms with E-state index in [2.05, 4.69) is 45.6 Å². The quantitative estimate of drug-likeness (QED) is 0.936. The summed E-state index contributed by atoms with van der Waals surface area (Å²) < 4.78 is 0. The van der Waals surface area contributed by atoms with E-state index >= 15 is 0 Å². The zero-order valence-electron chi connectivity index (χ0n) is 12.5. The van der Waals surface area contributed by atoms with E-state index in [4.69, 9.17) is 0 Å². The van der Waals surface area contributed by atoms with Crippen molar-refractivity contribution in [2.45, 2.75) is 32.1 Å². The Kier molecular flexibility index (Phi) is 4.95. The highest BCUT2D eigenvalue weighted by Crippen LogP contribution is 2.20. The van der Waals surface area contributed by atoms with Crippen molar-refractivity contribution >= 4 is 0 Å². The van der Waals surface area contributed by atoms with Gasteiger partial charge in [-0.15, -0.1) is 0 Å². The zero-order valence-corrected chi connectivity index (χ0v) is 12.5. The summed E-state index contributed by atoms with van der Waals surface area (Å²) in [4.78, 5) is 9.20. The molecule has 0 spiro atoms. The van der Waals surface area contributed by atoms with Crippen LogP contribution >= 0.6 is 0 Å². The van der Waals surface area contributed by atoms with E-state index in [1.807, 2.05) is 12.4 Å². The second-order valence-corrected chi connectivity index (χ2v) is 5.86. The van der Waals surface area contributed by atoms with Gasteiger partial charge in [0.1, 0.15) is 0 Å². The molecule has 0 aliphatic carbocycles. The summed E-state index contributed by atoms with van der Waals surface area (Å²) >= 11 is 0. The Bertz CT molecular complexity index is 545. The van der Waals surface area contributed by atoms with Gasteiger partial charge >= 0.3 is 0 Å². The number of hydrogen-bond acceptors (Lipinski definition) is 3. The highest BCUT2D eigenvalue weighted by atomic mass is 14.9. The Labute approximate surface area is 126 Å². The van der Waals surface area contributed by atoms with E-state index < -0.39 is 0 Å². The molecule has 0 radical (unpaired) electrons. The Morgan fingerprint density at radius 2 is 1.76 bits per heavy atom. The van der Waals surface area contributed by atoms with Crippen molar-refractivity contribution in [1.29, 1.82) is 0 Å². The molecule has 0 amide bonds. The molecule has 2 aromatic rings. The molecule has 110 valence electrons. The van der Waals surface area contributed by atoms with Crippen molar-refractivity contribution in [3.8, 4) is 0 Å². The first-order chi connectivity index (χ1) is 10.4. The molecule has 3 nitrogen and oxygen atoms in total. The summed E-state index contributed by atoms with van der Waals surface area (Å²) in [5, 5.41) is 3.48. The van der Waals surface area contributed by atoms with Gasteiger partial charge in [-0.05, 0) is 50.3 Å². The third-order valence-electron chi connectivity index (χ3n) is 4.25. The average molecular weight is 281 g/mol. The first kappa shape index (κ1) is 14.2. The SMILES string of the molecule is c1ccc(Cc2nccnc2CC2CCCNCC2)cc1. The van der Waals surface area contributed by atoms with E-state index in [1.165, 1.54) is 30.5 Å². The van der Waals surface area contributed by atoms with Crippen molar-refractivity contribution in [2.75, 3.05) is 13.1 Å². The summed E-state index contributed by atoms with van der Waals surface area (Å²) in [5.74, 6) is 0.742. The molecule has 0 saturated carbocycles. The van der Waals surface area contributed by atoms with Crippen LogP contribution in [0.5, 0.6) is 0 Å². The molecule has 1 aliphatic heterocycles. The second kappa shape index (κ2) is 7.32. The number of aromatic nitrogens is 2. The summed E-state index contributed by atoms with van der Waals surface area (Å²) in [7, 11) is 0. The lowest BCUT2D eigenvalue weighted by Gasteiger charge is -2.15. The number of nitrogens with zero attached hydrogens (tertiary/aromatic N) is 2. The molecule has 1 aromatic carbocycles. The molecule has 1 fully saturated rings. The van der Waals surface area contributed by atoms with Crippen LogP contribution in [0.1, 0.15) is 36.2 Å². The minimum absolute atomic E-state index is 0.742. The summed E-state index contributed by atoms with van der Waals surface area (Å²) in [6, 6.07) is 10.5. The van der Waals surface area contributed by atoms with Gasteiger partial charge in [-0.3, -0.25) is 9.97 Å². The highest BCUT2D eigenvalue weighted by molar-refractivity contribution is 5.24. The summed E-state index contributed by atoms with van der Waals surface area (Å²) in [6.45, 7) is 2.30. The molecule has 1 atom stereocenters. The van der Waals surface area contributed by atoms with Crippen LogP contribution in [-0.2, 0) is 12.8 Å². The Morgan fingerprint density at radius 3 is 2.62 bits per heavy atom. The normalized spacial score (nSPS) is 19.1. The number of nitrogens with one attached hydrogen (secondary N) is 1. The lowest BCUT2D eigenvalue weighted by atomic mass is 9.93. The van der Waals surface area contributed by atoms with Crippen LogP contribution in [0.15, 0.2) is 42.7 Å². The van der Waals surface area contributed by atoms with Gasteiger partial charge in [0.05, 0.1) is 11.4 Å². The van der Waals surface area contributed by atoms with Gasteiger partial charge in [-0.2, -0.15) is 0 Å². The fourth-order valence-corrected chi connectivity index (χ4v) is 3.07. The monoisotopic (exact) mass is 281 g/mol. The molecule has 1 N–H and O–H groups in total. The largest absolute Gasteiger partial charge is 0.317 e. The van der Waals surface area contributed by atoms with Crippen molar-refractivity contribution in [2.24, 2.45) is 5.92 Å². The molecule has 3 heteroatoms. The van der Waals surface area contributed by atoms with Crippen LogP contribution in [0.25, 0.3) is 0 Å². The van der Waals surface area contributed by atoms with E-state index in [1.54, 1.807) is 0 Å². The maximum Gasteiger partial charge on any atom is 0.0662 e. The van der Waals surface area contributed by atoms with Gasteiger partial charge in [0, 0.05) is 18.8 Å². The fourth-order valence-electron chi connectivity index (χ4n) is 3.07. The van der Waals surface area contributed by atoms with Crippen LogP contribution in [0, 0.1) is 5.92 Å². The fraction of sp³-hybridized carbons (Fsp3) is 0.444. The van der Waals surface area contributed by atoms with Gasteiger partial charge in [0.2, 0.25) is 0 Å². The summed E-state index contributed by atoms with van der Waals surface area (Å²) in [5.41, 5.74) is 3.64. The molecular weight excluding hydrogens is 258 g/mol. The maximum atomic E-state index is 4.62. The van der Waals surface area contributed by atoms with Crippen LogP contribution in [0.4, 0.5) is 0 Å². The molecular formula is C18H23N3. The van der Waals surface area contributed by atoms with E-state index in [0.717, 1.165) is 37.5 Å². The molecule has 2 heterocycles. The van der Waals surface area contributed by atoms with Gasteiger partial charge < -0.3 is 5.32 Å². The predicted octanol–water partition coefficient (Wildman–Crippen LogP) is 3.00. The molecule has 1 unspecified atom stereocenters. The summed E-state index contributed by atoms with van der Waals surface area (Å²) in [6.07, 6.45) is 9.43. The van der Waals surface area contributed by atoms with Crippen LogP contribution in [-0.4, -0.2) is 23.1 Å². The Hall–Kier alpha value is -1.74. The van der Waals surface area contributed by atoms with E-state index in [9.17, 15) is 0 Å². The van der Waals surface area contributed by atoms with Crippen molar-refractivity contribution in [1.82, 2.24) is 15.3 Å². The first-order valence-electron chi connectivity index (χ1n) is 7.95. The minimum Gasteiger partial charge on any atom is -0.317 e. The number of benzene rings is 1. The minimum atomic E-state index is 0.742. The molecule has 0 bridgehead atoms. The van der Waals surface area contributed by atoms with Gasteiger partial charge in [0.25, 0.3) is 0 Å². The number of rotatable bonds is 4. The lowest BCUT2D eigenvalue weighted by molar-refractivity contribution is 0.462. The van der Waals surface area contributed by atoms with Crippen molar-refractivity contribution < 1.29 is 0 Å². The second-order valence-electron chi connectivity index (χ2n) is 5.86. The van der Waals surface area contributed by atoms with Gasteiger partial charge in [-0.25, -0.2) is 0 Å². The Balaban J connectivity index is 1.72. The van der Waals surface area contributed by atoms with Gasteiger partial charge in [0.15, 0.2) is 0 Å². The van der Waals surface area contributed by atoms with Crippen molar-refractivity contribution in [3.05, 3.63) is 59.7 Å². The maximum absolute atomic E-state index is 4.62. The topological polar surface area (TPSA) is 37.8 Å². The third-order valence-corrected chi connectivity index (χ3v) is 4.25. The Morgan fingerprint density at radius 1 is 0.952 bits per heavy atom. The molecule has 21 heavy (non-hydrogen) atoms. The van der Waals surface area contributed by atoms with Crippen LogP contribution in [0.3, 0.4) is 0 Å². The van der Waals surface area contributed by atoms with Crippen molar-refractivity contribution in [3.63, 3.8) is 0 Å². The molecule has 1 aromatic heterocycles. The predicted molar refractivity (Wildman–Crippen MR) is 85.2 cm³/mol. The lowest BCUT2D eigenvalue weighted by Crippen LogP contribution is -2.15. The third kappa shape index (κ3) is 4.11. The molecule has 1 aliphatic rings. The standard InChI is InChI=1S/C18H23N3/c1-2-5-15(6-3-1)13-17-18(21-12-11-20-17)14-16-7-4-9-19-10-8-16/h1-3,5-6,11-12,16,19H,4,7-10,13-14H2. The first-order valence-corrected chi connectivity index (χ1v) is 7.95. The zero-order chi connectivity index (χ0) is 14.3. The van der Waals surface area contributed by atoms with Crippen LogP contribution < -0.4 is 5.32 Å². The van der Waals surface area contributed by atoms with Crippen LogP contribution in [0.2, 0.25) is 0 Å². The number of hydrogen-bond donors (Lipinski definition) is 1. The van der Waals surface area contributed by atoms with Gasteiger partial charge in [-0.1, -0.05) is 30.3 Å². The molecule has 1 saturated heterocycles. The highest BCUT2D eigenvalue weighted by Gasteiger charge is 2.16.